The van der Waals surface area contributed by atoms with E-state index in [0.717, 1.165) is 24.9 Å². The second-order valence-electron chi connectivity index (χ2n) is 6.91. The Balaban J connectivity index is 1.84. The second-order valence-corrected chi connectivity index (χ2v) is 8.79. The number of nitrogens with zero attached hydrogens (tertiary/aromatic N) is 4. The van der Waals surface area contributed by atoms with Gasteiger partial charge in [0.2, 0.25) is 15.9 Å². The number of para-hydroxylation sites is 1. The molecule has 1 aromatic carbocycles. The maximum atomic E-state index is 13.1. The van der Waals surface area contributed by atoms with Gasteiger partial charge in [-0.05, 0) is 38.8 Å². The lowest BCUT2D eigenvalue weighted by Gasteiger charge is -2.26. The van der Waals surface area contributed by atoms with E-state index in [1.807, 2.05) is 30.3 Å². The van der Waals surface area contributed by atoms with Crippen LogP contribution in [0.2, 0.25) is 0 Å². The average Bonchev–Trinajstić information content (AvgIpc) is 2.96. The van der Waals surface area contributed by atoms with Crippen molar-refractivity contribution in [2.45, 2.75) is 44.6 Å². The van der Waals surface area contributed by atoms with Crippen LogP contribution in [0.1, 0.15) is 30.7 Å². The SMILES string of the molecule is Cc1nn(CC(=O)N(C)c2ccccc2)c(C)c1S(=O)(=O)N1CCCCC1. The van der Waals surface area contributed by atoms with Gasteiger partial charge in [-0.1, -0.05) is 24.6 Å². The molecule has 1 aromatic heterocycles. The summed E-state index contributed by atoms with van der Waals surface area (Å²) in [6.07, 6.45) is 2.82. The molecule has 8 heteroatoms. The molecule has 1 amide bonds. The van der Waals surface area contributed by atoms with Gasteiger partial charge in [-0.15, -0.1) is 0 Å². The number of rotatable bonds is 5. The van der Waals surface area contributed by atoms with Crippen LogP contribution in [0.5, 0.6) is 0 Å². The number of aryl methyl sites for hydroxylation is 1. The van der Waals surface area contributed by atoms with Gasteiger partial charge in [0, 0.05) is 25.8 Å². The van der Waals surface area contributed by atoms with Gasteiger partial charge in [0.25, 0.3) is 0 Å². The first-order valence-corrected chi connectivity index (χ1v) is 10.6. The van der Waals surface area contributed by atoms with Crippen molar-refractivity contribution < 1.29 is 13.2 Å². The van der Waals surface area contributed by atoms with Crippen LogP contribution >= 0.6 is 0 Å². The van der Waals surface area contributed by atoms with Crippen molar-refractivity contribution in [2.75, 3.05) is 25.0 Å². The van der Waals surface area contributed by atoms with Crippen molar-refractivity contribution in [3.63, 3.8) is 0 Å². The normalized spacial score (nSPS) is 15.7. The van der Waals surface area contributed by atoms with Gasteiger partial charge in [-0.2, -0.15) is 9.40 Å². The lowest BCUT2D eigenvalue weighted by Crippen LogP contribution is -2.36. The molecule has 3 rings (SSSR count). The Morgan fingerprint density at radius 1 is 1.11 bits per heavy atom. The van der Waals surface area contributed by atoms with E-state index in [0.29, 0.717) is 24.5 Å². The summed E-state index contributed by atoms with van der Waals surface area (Å²) in [6, 6.07) is 9.33. The van der Waals surface area contributed by atoms with Crippen LogP contribution < -0.4 is 4.90 Å². The minimum Gasteiger partial charge on any atom is -0.314 e. The van der Waals surface area contributed by atoms with Gasteiger partial charge in [0.1, 0.15) is 11.4 Å². The van der Waals surface area contributed by atoms with Crippen molar-refractivity contribution in [3.8, 4) is 0 Å². The number of amides is 1. The van der Waals surface area contributed by atoms with E-state index in [9.17, 15) is 13.2 Å². The molecular weight excluding hydrogens is 364 g/mol. The number of hydrogen-bond donors (Lipinski definition) is 0. The summed E-state index contributed by atoms with van der Waals surface area (Å²) in [4.78, 5) is 14.4. The van der Waals surface area contributed by atoms with Crippen LogP contribution in [-0.2, 0) is 21.4 Å². The van der Waals surface area contributed by atoms with Crippen molar-refractivity contribution in [3.05, 3.63) is 41.7 Å². The largest absolute Gasteiger partial charge is 0.314 e. The van der Waals surface area contributed by atoms with E-state index < -0.39 is 10.0 Å². The molecular formula is C19H26N4O3S. The number of carbonyl (C=O) groups excluding carboxylic acids is 1. The van der Waals surface area contributed by atoms with E-state index in [1.54, 1.807) is 25.8 Å². The number of hydrogen-bond acceptors (Lipinski definition) is 4. The molecule has 0 unspecified atom stereocenters. The van der Waals surface area contributed by atoms with E-state index >= 15 is 0 Å². The summed E-state index contributed by atoms with van der Waals surface area (Å²) in [5.41, 5.74) is 1.73. The van der Waals surface area contributed by atoms with Crippen molar-refractivity contribution in [1.29, 1.82) is 0 Å². The van der Waals surface area contributed by atoms with Crippen LogP contribution in [0.15, 0.2) is 35.2 Å². The van der Waals surface area contributed by atoms with Gasteiger partial charge in [0.05, 0.1) is 11.4 Å². The zero-order valence-electron chi connectivity index (χ0n) is 16.1. The highest BCUT2D eigenvalue weighted by Crippen LogP contribution is 2.26. The first-order valence-electron chi connectivity index (χ1n) is 9.18. The third-order valence-corrected chi connectivity index (χ3v) is 7.18. The van der Waals surface area contributed by atoms with Crippen molar-refractivity contribution >= 4 is 21.6 Å². The summed E-state index contributed by atoms with van der Waals surface area (Å²) in [5, 5.41) is 4.35. The smallest absolute Gasteiger partial charge is 0.248 e. The Morgan fingerprint density at radius 3 is 2.37 bits per heavy atom. The van der Waals surface area contributed by atoms with E-state index in [-0.39, 0.29) is 17.3 Å². The van der Waals surface area contributed by atoms with Gasteiger partial charge in [-0.3, -0.25) is 9.48 Å². The molecule has 0 N–H and O–H groups in total. The number of aromatic nitrogens is 2. The zero-order chi connectivity index (χ0) is 19.6. The Kier molecular flexibility index (Phi) is 5.67. The fourth-order valence-electron chi connectivity index (χ4n) is 3.47. The topological polar surface area (TPSA) is 75.5 Å². The zero-order valence-corrected chi connectivity index (χ0v) is 16.9. The number of sulfonamides is 1. The molecule has 1 aliphatic heterocycles. The first-order chi connectivity index (χ1) is 12.8. The highest BCUT2D eigenvalue weighted by molar-refractivity contribution is 7.89. The Hall–Kier alpha value is -2.19. The van der Waals surface area contributed by atoms with Crippen molar-refractivity contribution in [2.24, 2.45) is 0 Å². The van der Waals surface area contributed by atoms with Gasteiger partial charge < -0.3 is 4.90 Å². The van der Waals surface area contributed by atoms with Gasteiger partial charge in [-0.25, -0.2) is 8.42 Å². The van der Waals surface area contributed by atoms with Crippen LogP contribution in [0.4, 0.5) is 5.69 Å². The Labute approximate surface area is 160 Å². The predicted octanol–water partition coefficient (Wildman–Crippen LogP) is 2.34. The first kappa shape index (κ1) is 19.6. The quantitative estimate of drug-likeness (QED) is 0.785. The molecule has 2 aromatic rings. The molecule has 2 heterocycles. The fourth-order valence-corrected chi connectivity index (χ4v) is 5.36. The standard InChI is InChI=1S/C19H26N4O3S/c1-15-19(27(25,26)22-12-8-5-9-13-22)16(2)23(20-15)14-18(24)21(3)17-10-6-4-7-11-17/h4,6-7,10-11H,5,8-9,12-14H2,1-3H3. The summed E-state index contributed by atoms with van der Waals surface area (Å²) in [5.74, 6) is -0.159. The van der Waals surface area contributed by atoms with Crippen LogP contribution in [0.3, 0.4) is 0 Å². The minimum atomic E-state index is -3.59. The summed E-state index contributed by atoms with van der Waals surface area (Å²) in [6.45, 7) is 4.48. The fraction of sp³-hybridized carbons (Fsp3) is 0.474. The number of benzene rings is 1. The monoisotopic (exact) mass is 390 g/mol. The molecule has 1 saturated heterocycles. The average molecular weight is 391 g/mol. The molecule has 0 aliphatic carbocycles. The predicted molar refractivity (Wildman–Crippen MR) is 104 cm³/mol. The Bertz CT molecular complexity index is 916. The minimum absolute atomic E-state index is 0.00636. The molecule has 0 bridgehead atoms. The highest BCUT2D eigenvalue weighted by atomic mass is 32.2. The van der Waals surface area contributed by atoms with Crippen LogP contribution in [-0.4, -0.2) is 48.5 Å². The van der Waals surface area contributed by atoms with E-state index in [1.165, 1.54) is 8.99 Å². The van der Waals surface area contributed by atoms with E-state index in [2.05, 4.69) is 5.10 Å². The number of likely N-dealkylation sites (N-methyl/N-ethyl adjacent to an activating group) is 1. The third kappa shape index (κ3) is 3.91. The summed E-state index contributed by atoms with van der Waals surface area (Å²) in [7, 11) is -1.88. The maximum absolute atomic E-state index is 13.1. The van der Waals surface area contributed by atoms with Gasteiger partial charge in [0.15, 0.2) is 0 Å². The Morgan fingerprint density at radius 2 is 1.74 bits per heavy atom. The lowest BCUT2D eigenvalue weighted by molar-refractivity contribution is -0.119. The molecule has 0 spiro atoms. The highest BCUT2D eigenvalue weighted by Gasteiger charge is 2.32. The molecule has 1 fully saturated rings. The molecule has 146 valence electrons. The third-order valence-electron chi connectivity index (χ3n) is 5.03. The number of anilines is 1. The molecule has 0 radical (unpaired) electrons. The van der Waals surface area contributed by atoms with E-state index in [4.69, 9.17) is 0 Å². The van der Waals surface area contributed by atoms with Gasteiger partial charge >= 0.3 is 0 Å². The number of carbonyl (C=O) groups is 1. The molecule has 7 nitrogen and oxygen atoms in total. The molecule has 1 aliphatic rings. The molecule has 0 saturated carbocycles. The maximum Gasteiger partial charge on any atom is 0.248 e. The second kappa shape index (κ2) is 7.82. The van der Waals surface area contributed by atoms with Crippen LogP contribution in [0, 0.1) is 13.8 Å². The summed E-state index contributed by atoms with van der Waals surface area (Å²) >= 11 is 0. The summed E-state index contributed by atoms with van der Waals surface area (Å²) < 4.78 is 29.2. The lowest BCUT2D eigenvalue weighted by atomic mass is 10.2. The number of piperidine rings is 1. The molecule has 27 heavy (non-hydrogen) atoms. The van der Waals surface area contributed by atoms with Crippen molar-refractivity contribution in [1.82, 2.24) is 14.1 Å². The molecule has 0 atom stereocenters. The van der Waals surface area contributed by atoms with Crippen LogP contribution in [0.25, 0.3) is 0 Å².